The first kappa shape index (κ1) is 12.0. The van der Waals surface area contributed by atoms with Crippen LogP contribution in [0.15, 0.2) is 0 Å². The van der Waals surface area contributed by atoms with Gasteiger partial charge in [0.15, 0.2) is 0 Å². The van der Waals surface area contributed by atoms with Crippen molar-refractivity contribution in [3.8, 4) is 0 Å². The average molecular weight is 175 g/mol. The average Bonchev–Trinajstić information content (AvgIpc) is 1.65. The molecule has 0 saturated heterocycles. The van der Waals surface area contributed by atoms with Gasteiger partial charge in [-0.25, -0.2) is 0 Å². The van der Waals surface area contributed by atoms with Crippen LogP contribution in [0.1, 0.15) is 0 Å². The molecule has 0 unspecified atom stereocenters. The van der Waals surface area contributed by atoms with Crippen LogP contribution >= 0.6 is 0 Å². The summed E-state index contributed by atoms with van der Waals surface area (Å²) >= 11 is 0.970. The van der Waals surface area contributed by atoms with E-state index in [0.29, 0.717) is 0 Å². The maximum Gasteiger partial charge on any atom is 1.00 e. The van der Waals surface area contributed by atoms with E-state index in [9.17, 15) is 14.7 Å². The third kappa shape index (κ3) is 5.43. The van der Waals surface area contributed by atoms with E-state index in [1.807, 2.05) is 0 Å². The van der Waals surface area contributed by atoms with E-state index in [4.69, 9.17) is 0 Å². The molecule has 4 nitrogen and oxygen atoms in total. The predicted octanol–water partition coefficient (Wildman–Crippen LogP) is -5.25. The minimum Gasteiger partial charge on any atom is 1.00 e. The van der Waals surface area contributed by atoms with Gasteiger partial charge in [0.05, 0.1) is 0 Å². The molecule has 0 aromatic heterocycles. The van der Waals surface area contributed by atoms with E-state index in [2.05, 4.69) is 3.32 Å². The molecule has 0 aromatic carbocycles. The van der Waals surface area contributed by atoms with Crippen molar-refractivity contribution >= 4 is 11.9 Å². The van der Waals surface area contributed by atoms with Crippen LogP contribution < -0.4 is 56.5 Å². The second kappa shape index (κ2) is 6.41. The van der Waals surface area contributed by atoms with Crippen molar-refractivity contribution in [2.24, 2.45) is 0 Å². The Morgan fingerprint density at radius 3 is 1.88 bits per heavy atom. The normalized spacial score (nSPS) is 6.38. The van der Waals surface area contributed by atoms with Gasteiger partial charge in [0.25, 0.3) is 0 Å². The fourth-order valence-electron chi connectivity index (χ4n) is 0.0417. The van der Waals surface area contributed by atoms with Crippen molar-refractivity contribution in [3.63, 3.8) is 0 Å². The van der Waals surface area contributed by atoms with Gasteiger partial charge in [-0.05, 0) is 0 Å². The van der Waals surface area contributed by atoms with E-state index >= 15 is 0 Å². The second-order valence-corrected chi connectivity index (χ2v) is 0.996. The zero-order chi connectivity index (χ0) is 5.86. The van der Waals surface area contributed by atoms with Gasteiger partial charge in [-0.1, -0.05) is 0 Å². The van der Waals surface area contributed by atoms with E-state index in [1.165, 1.54) is 0 Å². The summed E-state index contributed by atoms with van der Waals surface area (Å²) in [5.41, 5.74) is 0. The first-order valence-electron chi connectivity index (χ1n) is 1.27. The summed E-state index contributed by atoms with van der Waals surface area (Å²) in [7, 11) is 0. The van der Waals surface area contributed by atoms with E-state index in [1.54, 1.807) is 0 Å². The number of hydrogen-bond donors (Lipinski definition) is 0. The minimum absolute atomic E-state index is 0. The molecule has 0 aliphatic heterocycles. The molecule has 0 heterocycles. The van der Waals surface area contributed by atoms with E-state index < -0.39 is 11.9 Å². The Hall–Kier alpha value is 1.29. The largest absolute Gasteiger partial charge is 1.00 e. The molecule has 0 aliphatic carbocycles. The third-order valence-electron chi connectivity index (χ3n) is 0.259. The van der Waals surface area contributed by atoms with Gasteiger partial charge in [0.2, 0.25) is 0 Å². The zero-order valence-corrected chi connectivity index (χ0v) is 8.82. The van der Waals surface area contributed by atoms with Gasteiger partial charge in [0.1, 0.15) is 0 Å². The van der Waals surface area contributed by atoms with Crippen LogP contribution in [0.25, 0.3) is 0 Å². The van der Waals surface area contributed by atoms with Gasteiger partial charge < -0.3 is 0 Å². The van der Waals surface area contributed by atoms with Crippen molar-refractivity contribution in [2.45, 2.75) is 0 Å². The maximum atomic E-state index is 9.63. The summed E-state index contributed by atoms with van der Waals surface area (Å²) in [6, 6.07) is 0. The summed E-state index contributed by atoms with van der Waals surface area (Å²) in [5, 5.41) is 9.34. The van der Waals surface area contributed by atoms with Crippen LogP contribution in [-0.4, -0.2) is 11.9 Å². The smallest absolute Gasteiger partial charge is 1.00 e. The van der Waals surface area contributed by atoms with Crippen LogP contribution in [0, 0.1) is 0 Å². The molecule has 37 valence electrons. The summed E-state index contributed by atoms with van der Waals surface area (Å²) in [4.78, 5) is 19.0. The van der Waals surface area contributed by atoms with Crippen molar-refractivity contribution in [1.82, 2.24) is 0 Å². The molecular weight excluding hydrogens is 175 g/mol. The van der Waals surface area contributed by atoms with Gasteiger partial charge in [-0.15, -0.1) is 0 Å². The topological polar surface area (TPSA) is 66.4 Å². The zero-order valence-electron chi connectivity index (χ0n) is 4.13. The summed E-state index contributed by atoms with van der Waals surface area (Å²) < 4.78 is 3.71. The molecule has 0 aliphatic rings. The molecule has 8 heavy (non-hydrogen) atoms. The Balaban J connectivity index is 0. The van der Waals surface area contributed by atoms with Gasteiger partial charge in [0, 0.05) is 0 Å². The number of carbonyl (C=O) groups is 2. The Morgan fingerprint density at radius 2 is 1.88 bits per heavy atom. The number of carbonyl (C=O) groups excluding carboxylic acids is 2. The summed E-state index contributed by atoms with van der Waals surface area (Å²) in [6.45, 7) is 0. The molecule has 0 fully saturated rings. The molecule has 0 radical (unpaired) electrons. The molecule has 0 aromatic rings. The van der Waals surface area contributed by atoms with E-state index in [-0.39, 0.29) is 51.4 Å². The monoisotopic (exact) mass is 175 g/mol. The molecule has 0 amide bonds. The first-order chi connectivity index (χ1) is 3.18. The van der Waals surface area contributed by atoms with Gasteiger partial charge >= 0.3 is 102 Å². The molecule has 0 rings (SSSR count). The molecule has 0 bridgehead atoms. The SMILES string of the molecule is O=C([O-])C(=O)[O][Ti].[K+]. The quantitative estimate of drug-likeness (QED) is 0.272. The van der Waals surface area contributed by atoms with Crippen LogP contribution in [0.2, 0.25) is 0 Å². The fourth-order valence-corrected chi connectivity index (χ4v) is 0.172. The number of carboxylic acids is 1. The van der Waals surface area contributed by atoms with Crippen LogP contribution in [0.3, 0.4) is 0 Å². The van der Waals surface area contributed by atoms with Crippen molar-refractivity contribution in [1.29, 1.82) is 0 Å². The standard InChI is InChI=1S/C2H2O4.K.Ti/c3-1(4)2(5)6;;/h(H,3,4)(H,5,6);;/q;2*+1/p-2. The fraction of sp³-hybridized carbons (Fsp3) is 0. The molecule has 0 N–H and O–H groups in total. The van der Waals surface area contributed by atoms with Crippen molar-refractivity contribution in [2.75, 3.05) is 0 Å². The summed E-state index contributed by atoms with van der Waals surface area (Å²) in [5.74, 6) is -3.16. The van der Waals surface area contributed by atoms with Crippen molar-refractivity contribution < 1.29 is 90.2 Å². The predicted molar refractivity (Wildman–Crippen MR) is 11.1 cm³/mol. The van der Waals surface area contributed by atoms with Gasteiger partial charge in [-0.3, -0.25) is 0 Å². The number of hydrogen-bond acceptors (Lipinski definition) is 4. The number of aliphatic carboxylic acids is 1. The summed E-state index contributed by atoms with van der Waals surface area (Å²) in [6.07, 6.45) is 0. The molecule has 0 saturated carbocycles. The van der Waals surface area contributed by atoms with Gasteiger partial charge in [-0.2, -0.15) is 0 Å². The molecule has 0 atom stereocenters. The van der Waals surface area contributed by atoms with Crippen LogP contribution in [0.5, 0.6) is 0 Å². The Kier molecular flexibility index (Phi) is 9.63. The Labute approximate surface area is 100 Å². The van der Waals surface area contributed by atoms with Crippen molar-refractivity contribution in [3.05, 3.63) is 0 Å². The number of rotatable bonds is 0. The Morgan fingerprint density at radius 1 is 1.50 bits per heavy atom. The molecule has 0 spiro atoms. The minimum atomic E-state index is -1.82. The Bertz CT molecular complexity index is 102. The van der Waals surface area contributed by atoms with Crippen LogP contribution in [0.4, 0.5) is 0 Å². The number of carboxylic acid groups (broad SMARTS) is 1. The van der Waals surface area contributed by atoms with Crippen LogP contribution in [-0.2, 0) is 33.7 Å². The maximum absolute atomic E-state index is 9.63. The second-order valence-electron chi connectivity index (χ2n) is 0.677. The molecular formula is C2KO4Ti. The molecule has 6 heteroatoms. The first-order valence-corrected chi connectivity index (χ1v) is 1.91. The van der Waals surface area contributed by atoms with E-state index in [0.717, 1.165) is 20.8 Å². The third-order valence-corrected chi connectivity index (χ3v) is 0.549.